The molecule has 0 bridgehead atoms. The van der Waals surface area contributed by atoms with Gasteiger partial charge < -0.3 is 19.7 Å². The molecule has 0 unspecified atom stereocenters. The zero-order valence-electron chi connectivity index (χ0n) is 25.6. The highest BCUT2D eigenvalue weighted by atomic mass is 16.6. The molecular formula is C35H48N2O5. The maximum absolute atomic E-state index is 13.5. The molecule has 1 aliphatic heterocycles. The number of likely N-dealkylation sites (tertiary alicyclic amines) is 1. The lowest BCUT2D eigenvalue weighted by molar-refractivity contribution is -0.129. The van der Waals surface area contributed by atoms with Gasteiger partial charge in [-0.15, -0.1) is 0 Å². The van der Waals surface area contributed by atoms with Gasteiger partial charge in [-0.05, 0) is 75.1 Å². The van der Waals surface area contributed by atoms with Crippen LogP contribution in [0.2, 0.25) is 0 Å². The molecule has 2 aromatic rings. The van der Waals surface area contributed by atoms with E-state index < -0.39 is 11.6 Å². The minimum absolute atomic E-state index is 0.0875. The van der Waals surface area contributed by atoms with E-state index in [0.717, 1.165) is 42.6 Å². The van der Waals surface area contributed by atoms with E-state index in [-0.39, 0.29) is 23.7 Å². The summed E-state index contributed by atoms with van der Waals surface area (Å²) in [4.78, 5) is 40.8. The van der Waals surface area contributed by atoms with Gasteiger partial charge in [0.1, 0.15) is 18.0 Å². The molecule has 42 heavy (non-hydrogen) atoms. The molecule has 1 N–H and O–H groups in total. The van der Waals surface area contributed by atoms with Gasteiger partial charge in [0, 0.05) is 25.9 Å². The van der Waals surface area contributed by atoms with Gasteiger partial charge in [-0.2, -0.15) is 0 Å². The topological polar surface area (TPSA) is 84.9 Å². The van der Waals surface area contributed by atoms with Crippen molar-refractivity contribution in [1.29, 1.82) is 0 Å². The van der Waals surface area contributed by atoms with Gasteiger partial charge >= 0.3 is 6.09 Å². The van der Waals surface area contributed by atoms with E-state index in [0.29, 0.717) is 44.9 Å². The highest BCUT2D eigenvalue weighted by Crippen LogP contribution is 2.28. The number of ether oxygens (including phenoxy) is 2. The average Bonchev–Trinajstić information content (AvgIpc) is 2.97. The SMILES string of the molecule is CC(C)(C)OC(=O)N1CCC(CC(=O)N[C@@H](Cc2ccc(OCc3ccccc3)cc2)C(=O)CC2CCCCC2)CC1. The Morgan fingerprint density at radius 3 is 2.12 bits per heavy atom. The zero-order valence-corrected chi connectivity index (χ0v) is 25.6. The third kappa shape index (κ3) is 10.5. The van der Waals surface area contributed by atoms with Crippen LogP contribution >= 0.6 is 0 Å². The fourth-order valence-corrected chi connectivity index (χ4v) is 5.92. The number of hydrogen-bond acceptors (Lipinski definition) is 5. The van der Waals surface area contributed by atoms with Gasteiger partial charge in [-0.1, -0.05) is 74.6 Å². The Morgan fingerprint density at radius 2 is 1.48 bits per heavy atom. The number of rotatable bonds is 11. The van der Waals surface area contributed by atoms with Gasteiger partial charge in [0.25, 0.3) is 0 Å². The van der Waals surface area contributed by atoms with E-state index in [4.69, 9.17) is 9.47 Å². The molecule has 2 aromatic carbocycles. The lowest BCUT2D eigenvalue weighted by Crippen LogP contribution is -2.45. The molecule has 2 amide bonds. The Bertz CT molecular complexity index is 1140. The minimum atomic E-state index is -0.544. The second-order valence-corrected chi connectivity index (χ2v) is 13.0. The van der Waals surface area contributed by atoms with Crippen molar-refractivity contribution in [3.8, 4) is 5.75 Å². The number of ketones is 1. The Balaban J connectivity index is 1.32. The Hall–Kier alpha value is -3.35. The summed E-state index contributed by atoms with van der Waals surface area (Å²) >= 11 is 0. The maximum Gasteiger partial charge on any atom is 0.410 e. The summed E-state index contributed by atoms with van der Waals surface area (Å²) < 4.78 is 11.4. The number of hydrogen-bond donors (Lipinski definition) is 1. The number of carbonyl (C=O) groups excluding carboxylic acids is 3. The summed E-state index contributed by atoms with van der Waals surface area (Å²) in [5.41, 5.74) is 1.57. The normalized spacial score (nSPS) is 17.4. The number of Topliss-reactive ketones (excluding diaryl/α,β-unsaturated/α-hetero) is 1. The highest BCUT2D eigenvalue weighted by molar-refractivity contribution is 5.89. The van der Waals surface area contributed by atoms with Crippen molar-refractivity contribution in [3.63, 3.8) is 0 Å². The summed E-state index contributed by atoms with van der Waals surface area (Å²) in [6, 6.07) is 17.3. The van der Waals surface area contributed by atoms with Crippen LogP contribution < -0.4 is 10.1 Å². The molecule has 1 atom stereocenters. The Kier molecular flexibility index (Phi) is 11.4. The second kappa shape index (κ2) is 15.2. The first-order valence-corrected chi connectivity index (χ1v) is 15.7. The molecular weight excluding hydrogens is 528 g/mol. The smallest absolute Gasteiger partial charge is 0.410 e. The monoisotopic (exact) mass is 576 g/mol. The minimum Gasteiger partial charge on any atom is -0.489 e. The van der Waals surface area contributed by atoms with E-state index in [2.05, 4.69) is 5.32 Å². The van der Waals surface area contributed by atoms with Crippen LogP contribution in [-0.4, -0.2) is 47.4 Å². The fourth-order valence-electron chi connectivity index (χ4n) is 5.92. The first-order chi connectivity index (χ1) is 20.1. The van der Waals surface area contributed by atoms with Gasteiger partial charge in [0.2, 0.25) is 5.91 Å². The predicted octanol–water partition coefficient (Wildman–Crippen LogP) is 6.87. The lowest BCUT2D eigenvalue weighted by atomic mass is 9.84. The van der Waals surface area contributed by atoms with Crippen LogP contribution in [0, 0.1) is 11.8 Å². The molecule has 0 aromatic heterocycles. The Morgan fingerprint density at radius 1 is 0.833 bits per heavy atom. The fraction of sp³-hybridized carbons (Fsp3) is 0.571. The molecule has 7 heteroatoms. The second-order valence-electron chi connectivity index (χ2n) is 13.0. The summed E-state index contributed by atoms with van der Waals surface area (Å²) in [7, 11) is 0. The lowest BCUT2D eigenvalue weighted by Gasteiger charge is -2.33. The third-order valence-electron chi connectivity index (χ3n) is 8.29. The molecule has 4 rings (SSSR count). The van der Waals surface area contributed by atoms with Crippen molar-refractivity contribution in [1.82, 2.24) is 10.2 Å². The summed E-state index contributed by atoms with van der Waals surface area (Å²) in [6.07, 6.45) is 8.35. The third-order valence-corrected chi connectivity index (χ3v) is 8.29. The van der Waals surface area contributed by atoms with Crippen LogP contribution in [-0.2, 0) is 27.4 Å². The predicted molar refractivity (Wildman–Crippen MR) is 164 cm³/mol. The van der Waals surface area contributed by atoms with E-state index in [9.17, 15) is 14.4 Å². The maximum atomic E-state index is 13.5. The van der Waals surface area contributed by atoms with Crippen molar-refractivity contribution in [2.24, 2.45) is 11.8 Å². The van der Waals surface area contributed by atoms with Crippen molar-refractivity contribution in [2.75, 3.05) is 13.1 Å². The molecule has 0 radical (unpaired) electrons. The van der Waals surface area contributed by atoms with Crippen LogP contribution in [0.1, 0.15) is 89.7 Å². The largest absolute Gasteiger partial charge is 0.489 e. The summed E-state index contributed by atoms with van der Waals surface area (Å²) in [5, 5.41) is 3.10. The molecule has 2 aliphatic rings. The number of amides is 2. The highest BCUT2D eigenvalue weighted by Gasteiger charge is 2.30. The van der Waals surface area contributed by atoms with Crippen LogP contribution in [0.3, 0.4) is 0 Å². The molecule has 1 saturated carbocycles. The number of benzene rings is 2. The van der Waals surface area contributed by atoms with Gasteiger partial charge in [0.05, 0.1) is 6.04 Å². The molecule has 1 heterocycles. The molecule has 2 fully saturated rings. The average molecular weight is 577 g/mol. The van der Waals surface area contributed by atoms with E-state index in [1.54, 1.807) is 4.90 Å². The number of nitrogens with one attached hydrogen (secondary N) is 1. The van der Waals surface area contributed by atoms with Crippen LogP contribution in [0.15, 0.2) is 54.6 Å². The Labute approximate surface area is 251 Å². The molecule has 228 valence electrons. The van der Waals surface area contributed by atoms with E-state index >= 15 is 0 Å². The number of nitrogens with zero attached hydrogens (tertiary/aromatic N) is 1. The van der Waals surface area contributed by atoms with Gasteiger partial charge in [0.15, 0.2) is 5.78 Å². The molecule has 1 saturated heterocycles. The molecule has 1 aliphatic carbocycles. The van der Waals surface area contributed by atoms with Crippen LogP contribution in [0.5, 0.6) is 5.75 Å². The number of carbonyl (C=O) groups is 3. The number of piperidine rings is 1. The molecule has 0 spiro atoms. The van der Waals surface area contributed by atoms with E-state index in [1.165, 1.54) is 19.3 Å². The van der Waals surface area contributed by atoms with E-state index in [1.807, 2.05) is 75.4 Å². The van der Waals surface area contributed by atoms with Crippen molar-refractivity contribution in [3.05, 3.63) is 65.7 Å². The quantitative estimate of drug-likeness (QED) is 0.316. The van der Waals surface area contributed by atoms with Crippen molar-refractivity contribution < 1.29 is 23.9 Å². The first kappa shape index (κ1) is 31.6. The van der Waals surface area contributed by atoms with Gasteiger partial charge in [-0.25, -0.2) is 4.79 Å². The molecule has 7 nitrogen and oxygen atoms in total. The van der Waals surface area contributed by atoms with Crippen molar-refractivity contribution in [2.45, 2.75) is 103 Å². The summed E-state index contributed by atoms with van der Waals surface area (Å²) in [5.74, 6) is 1.40. The van der Waals surface area contributed by atoms with Crippen molar-refractivity contribution >= 4 is 17.8 Å². The summed E-state index contributed by atoms with van der Waals surface area (Å²) in [6.45, 7) is 7.24. The standard InChI is InChI=1S/C35H48N2O5/c1-35(2,3)42-34(40)37-20-18-28(19-21-37)24-33(39)36-31(32(38)23-26-10-6-4-7-11-26)22-27-14-16-30(17-15-27)41-25-29-12-8-5-9-13-29/h5,8-9,12-17,26,28,31H,4,6-7,10-11,18-25H2,1-3H3,(H,36,39)/t31-/m0/s1. The van der Waals surface area contributed by atoms with Gasteiger partial charge in [-0.3, -0.25) is 9.59 Å². The van der Waals surface area contributed by atoms with Crippen LogP contribution in [0.25, 0.3) is 0 Å². The first-order valence-electron chi connectivity index (χ1n) is 15.7. The van der Waals surface area contributed by atoms with Crippen LogP contribution in [0.4, 0.5) is 4.79 Å². The zero-order chi connectivity index (χ0) is 30.0.